The van der Waals surface area contributed by atoms with E-state index in [0.29, 0.717) is 23.8 Å². The summed E-state index contributed by atoms with van der Waals surface area (Å²) in [5.41, 5.74) is 0. The van der Waals surface area contributed by atoms with Crippen LogP contribution in [0.1, 0.15) is 44.9 Å². The molecule has 2 atom stereocenters. The second-order valence-electron chi connectivity index (χ2n) is 4.94. The van der Waals surface area contributed by atoms with Crippen LogP contribution < -0.4 is 5.32 Å². The van der Waals surface area contributed by atoms with Gasteiger partial charge in [0.05, 0.1) is 0 Å². The molecule has 0 heterocycles. The van der Waals surface area contributed by atoms with Crippen LogP contribution in [0, 0.1) is 11.8 Å². The lowest BCUT2D eigenvalue weighted by Gasteiger charge is -2.21. The minimum absolute atomic E-state index is 0.287. The fraction of sp³-hybridized carbons (Fsp3) is 0.917. The molecule has 3 heteroatoms. The van der Waals surface area contributed by atoms with Gasteiger partial charge in [-0.25, -0.2) is 0 Å². The van der Waals surface area contributed by atoms with E-state index in [-0.39, 0.29) is 5.91 Å². The Morgan fingerprint density at radius 2 is 1.87 bits per heavy atom. The van der Waals surface area contributed by atoms with Gasteiger partial charge in [-0.05, 0) is 31.6 Å². The first-order valence-electron chi connectivity index (χ1n) is 6.17. The normalized spacial score (nSPS) is 32.1. The molecule has 2 unspecified atom stereocenters. The highest BCUT2D eigenvalue weighted by Gasteiger charge is 2.30. The zero-order valence-electron chi connectivity index (χ0n) is 9.18. The molecule has 1 amide bonds. The van der Waals surface area contributed by atoms with Crippen molar-refractivity contribution >= 4 is 17.5 Å². The number of hydrogen-bond donors (Lipinski definition) is 1. The Hall–Kier alpha value is -0.240. The fourth-order valence-electron chi connectivity index (χ4n) is 2.90. The average Bonchev–Trinajstić information content (AvgIpc) is 2.87. The molecule has 0 aromatic heterocycles. The van der Waals surface area contributed by atoms with E-state index in [2.05, 4.69) is 5.32 Å². The molecule has 2 aliphatic rings. The maximum Gasteiger partial charge on any atom is 0.223 e. The maximum atomic E-state index is 11.9. The van der Waals surface area contributed by atoms with Crippen molar-refractivity contribution in [1.82, 2.24) is 5.32 Å². The van der Waals surface area contributed by atoms with E-state index < -0.39 is 0 Å². The Bertz CT molecular complexity index is 226. The van der Waals surface area contributed by atoms with Crippen molar-refractivity contribution in [2.75, 3.05) is 5.88 Å². The Morgan fingerprint density at radius 1 is 1.13 bits per heavy atom. The summed E-state index contributed by atoms with van der Waals surface area (Å²) >= 11 is 5.89. The van der Waals surface area contributed by atoms with E-state index in [4.69, 9.17) is 11.6 Å². The Labute approximate surface area is 96.8 Å². The molecule has 0 radical (unpaired) electrons. The van der Waals surface area contributed by atoms with Crippen LogP contribution in [0.3, 0.4) is 0 Å². The summed E-state index contributed by atoms with van der Waals surface area (Å²) in [6, 6.07) is 0.357. The van der Waals surface area contributed by atoms with Gasteiger partial charge >= 0.3 is 0 Å². The summed E-state index contributed by atoms with van der Waals surface area (Å²) in [5, 5.41) is 3.20. The van der Waals surface area contributed by atoms with E-state index in [1.165, 1.54) is 25.7 Å². The molecule has 0 aromatic carbocycles. The molecule has 2 fully saturated rings. The molecular formula is C12H20ClNO. The number of halogens is 1. The zero-order valence-corrected chi connectivity index (χ0v) is 9.93. The van der Waals surface area contributed by atoms with Gasteiger partial charge in [0.2, 0.25) is 5.91 Å². The van der Waals surface area contributed by atoms with Crippen LogP contribution in [-0.2, 0) is 4.79 Å². The maximum absolute atomic E-state index is 11.9. The van der Waals surface area contributed by atoms with Gasteiger partial charge in [-0.3, -0.25) is 4.79 Å². The topological polar surface area (TPSA) is 29.1 Å². The van der Waals surface area contributed by atoms with Crippen molar-refractivity contribution in [3.05, 3.63) is 0 Å². The van der Waals surface area contributed by atoms with Gasteiger partial charge < -0.3 is 5.32 Å². The van der Waals surface area contributed by atoms with Crippen LogP contribution in [0.25, 0.3) is 0 Å². The van der Waals surface area contributed by atoms with Gasteiger partial charge in [0, 0.05) is 17.8 Å². The monoisotopic (exact) mass is 229 g/mol. The van der Waals surface area contributed by atoms with Crippen molar-refractivity contribution in [1.29, 1.82) is 0 Å². The predicted molar refractivity (Wildman–Crippen MR) is 61.9 cm³/mol. The average molecular weight is 230 g/mol. The van der Waals surface area contributed by atoms with Crippen LogP contribution in [0.15, 0.2) is 0 Å². The minimum atomic E-state index is 0.287. The van der Waals surface area contributed by atoms with Crippen LogP contribution in [0.5, 0.6) is 0 Å². The van der Waals surface area contributed by atoms with Gasteiger partial charge in [0.1, 0.15) is 0 Å². The van der Waals surface area contributed by atoms with Crippen molar-refractivity contribution in [2.45, 2.75) is 51.0 Å². The van der Waals surface area contributed by atoms with Gasteiger partial charge in [0.25, 0.3) is 0 Å². The number of carbonyl (C=O) groups excluding carboxylic acids is 1. The molecule has 2 nitrogen and oxygen atoms in total. The number of carbonyl (C=O) groups is 1. The Balaban J connectivity index is 1.82. The summed E-state index contributed by atoms with van der Waals surface area (Å²) in [7, 11) is 0. The van der Waals surface area contributed by atoms with Gasteiger partial charge in [0.15, 0.2) is 0 Å². The summed E-state index contributed by atoms with van der Waals surface area (Å²) in [6.45, 7) is 0. The number of nitrogens with one attached hydrogen (secondary N) is 1. The smallest absolute Gasteiger partial charge is 0.223 e. The number of alkyl halides is 1. The van der Waals surface area contributed by atoms with Crippen molar-refractivity contribution in [3.63, 3.8) is 0 Å². The molecule has 15 heavy (non-hydrogen) atoms. The van der Waals surface area contributed by atoms with Gasteiger partial charge in [-0.1, -0.05) is 19.3 Å². The van der Waals surface area contributed by atoms with Crippen LogP contribution in [-0.4, -0.2) is 17.8 Å². The zero-order chi connectivity index (χ0) is 10.7. The molecule has 2 aliphatic carbocycles. The van der Waals surface area contributed by atoms with E-state index in [0.717, 1.165) is 19.3 Å². The van der Waals surface area contributed by atoms with Gasteiger partial charge in [-0.15, -0.1) is 11.6 Å². The summed E-state index contributed by atoms with van der Waals surface area (Å²) in [6.07, 6.45) is 8.14. The third kappa shape index (κ3) is 2.66. The fourth-order valence-corrected chi connectivity index (χ4v) is 3.27. The highest BCUT2D eigenvalue weighted by Crippen LogP contribution is 2.29. The quantitative estimate of drug-likeness (QED) is 0.741. The van der Waals surface area contributed by atoms with Crippen LogP contribution >= 0.6 is 11.6 Å². The number of rotatable bonds is 3. The first kappa shape index (κ1) is 11.3. The Morgan fingerprint density at radius 3 is 2.53 bits per heavy atom. The Kier molecular flexibility index (Phi) is 3.90. The minimum Gasteiger partial charge on any atom is -0.353 e. The highest BCUT2D eigenvalue weighted by molar-refractivity contribution is 6.18. The standard InChI is InChI=1S/C12H20ClNO/c13-8-10-6-3-7-11(10)14-12(15)9-4-1-2-5-9/h9-11H,1-8H2,(H,14,15). The molecule has 0 spiro atoms. The summed E-state index contributed by atoms with van der Waals surface area (Å²) < 4.78 is 0. The van der Waals surface area contributed by atoms with Crippen molar-refractivity contribution in [3.8, 4) is 0 Å². The van der Waals surface area contributed by atoms with E-state index in [1.54, 1.807) is 0 Å². The third-order valence-corrected chi connectivity index (χ3v) is 4.31. The van der Waals surface area contributed by atoms with Crippen LogP contribution in [0.2, 0.25) is 0 Å². The second-order valence-corrected chi connectivity index (χ2v) is 5.25. The van der Waals surface area contributed by atoms with E-state index in [9.17, 15) is 4.79 Å². The van der Waals surface area contributed by atoms with Gasteiger partial charge in [-0.2, -0.15) is 0 Å². The van der Waals surface area contributed by atoms with Crippen LogP contribution in [0.4, 0.5) is 0 Å². The summed E-state index contributed by atoms with van der Waals surface area (Å²) in [5.74, 6) is 1.78. The third-order valence-electron chi connectivity index (χ3n) is 3.91. The lowest BCUT2D eigenvalue weighted by Crippen LogP contribution is -2.40. The lowest BCUT2D eigenvalue weighted by molar-refractivity contribution is -0.125. The molecule has 0 saturated heterocycles. The lowest BCUT2D eigenvalue weighted by atomic mass is 10.0. The molecular weight excluding hydrogens is 210 g/mol. The molecule has 0 aromatic rings. The predicted octanol–water partition coefficient (Wildman–Crippen LogP) is 2.70. The molecule has 2 rings (SSSR count). The first-order valence-corrected chi connectivity index (χ1v) is 6.71. The summed E-state index contributed by atoms with van der Waals surface area (Å²) in [4.78, 5) is 11.9. The van der Waals surface area contributed by atoms with E-state index in [1.807, 2.05) is 0 Å². The number of amides is 1. The molecule has 0 aliphatic heterocycles. The van der Waals surface area contributed by atoms with Crippen molar-refractivity contribution in [2.24, 2.45) is 11.8 Å². The van der Waals surface area contributed by atoms with E-state index >= 15 is 0 Å². The number of hydrogen-bond acceptors (Lipinski definition) is 1. The largest absolute Gasteiger partial charge is 0.353 e. The molecule has 0 bridgehead atoms. The molecule has 1 N–H and O–H groups in total. The second kappa shape index (κ2) is 5.20. The molecule has 86 valence electrons. The molecule has 2 saturated carbocycles. The first-order chi connectivity index (χ1) is 7.31. The SMILES string of the molecule is O=C(NC1CCCC1CCl)C1CCCC1. The highest BCUT2D eigenvalue weighted by atomic mass is 35.5. The van der Waals surface area contributed by atoms with Crippen molar-refractivity contribution < 1.29 is 4.79 Å².